The number of hydrogen-bond donors (Lipinski definition) is 2. The Labute approximate surface area is 164 Å². The van der Waals surface area contributed by atoms with E-state index in [1.807, 2.05) is 0 Å². The number of pyridine rings is 1. The highest BCUT2D eigenvalue weighted by Gasteiger charge is 2.40. The summed E-state index contributed by atoms with van der Waals surface area (Å²) in [7, 11) is 0. The largest absolute Gasteiger partial charge is 0.384 e. The Morgan fingerprint density at radius 2 is 1.79 bits per heavy atom. The van der Waals surface area contributed by atoms with E-state index in [0.717, 1.165) is 12.1 Å². The summed E-state index contributed by atoms with van der Waals surface area (Å²) in [6.45, 7) is 1.69. The van der Waals surface area contributed by atoms with Gasteiger partial charge >= 0.3 is 0 Å². The Morgan fingerprint density at radius 3 is 2.52 bits per heavy atom. The topological polar surface area (TPSA) is 74.7 Å². The molecular formula is C21H17F3N4O. The van der Waals surface area contributed by atoms with Gasteiger partial charge in [0.05, 0.1) is 5.52 Å². The maximum atomic E-state index is 14.6. The predicted octanol–water partition coefficient (Wildman–Crippen LogP) is 4.00. The molecular weight excluding hydrogens is 381 g/mol. The zero-order valence-electron chi connectivity index (χ0n) is 15.4. The normalized spacial score (nSPS) is 14.7. The van der Waals surface area contributed by atoms with Crippen molar-refractivity contribution in [2.75, 3.05) is 0 Å². The Kier molecular flexibility index (Phi) is 4.79. The second-order valence-electron chi connectivity index (χ2n) is 6.95. The number of aromatic amines is 1. The first kappa shape index (κ1) is 19.1. The number of halogens is 3. The summed E-state index contributed by atoms with van der Waals surface area (Å²) >= 11 is 0. The van der Waals surface area contributed by atoms with Crippen molar-refractivity contribution >= 4 is 10.9 Å². The molecule has 2 aromatic heterocycles. The predicted molar refractivity (Wildman–Crippen MR) is 100 cm³/mol. The molecule has 0 radical (unpaired) electrons. The van der Waals surface area contributed by atoms with Crippen LogP contribution in [-0.2, 0) is 12.0 Å². The smallest absolute Gasteiger partial charge is 0.137 e. The van der Waals surface area contributed by atoms with Gasteiger partial charge in [-0.2, -0.15) is 5.10 Å². The second kappa shape index (κ2) is 7.29. The van der Waals surface area contributed by atoms with Crippen molar-refractivity contribution in [3.63, 3.8) is 0 Å². The zero-order chi connectivity index (χ0) is 20.6. The van der Waals surface area contributed by atoms with Crippen LogP contribution in [0.4, 0.5) is 13.2 Å². The maximum Gasteiger partial charge on any atom is 0.137 e. The zero-order valence-corrected chi connectivity index (χ0v) is 15.4. The van der Waals surface area contributed by atoms with E-state index < -0.39 is 23.2 Å². The van der Waals surface area contributed by atoms with Crippen molar-refractivity contribution in [1.82, 2.24) is 20.2 Å². The van der Waals surface area contributed by atoms with Crippen LogP contribution in [0.1, 0.15) is 29.9 Å². The van der Waals surface area contributed by atoms with Crippen LogP contribution in [0.25, 0.3) is 10.9 Å². The number of aliphatic hydroxyl groups is 1. The van der Waals surface area contributed by atoms with Crippen LogP contribution >= 0.6 is 0 Å². The molecule has 4 aromatic rings. The number of nitrogens with one attached hydrogen (secondary N) is 1. The molecule has 0 aliphatic rings. The molecule has 148 valence electrons. The molecule has 8 heteroatoms. The Bertz CT molecular complexity index is 1170. The summed E-state index contributed by atoms with van der Waals surface area (Å²) in [4.78, 5) is 8.54. The van der Waals surface area contributed by atoms with Crippen LogP contribution in [-0.4, -0.2) is 25.3 Å². The summed E-state index contributed by atoms with van der Waals surface area (Å²) < 4.78 is 41.5. The molecule has 0 saturated heterocycles. The fourth-order valence-electron chi connectivity index (χ4n) is 3.49. The van der Waals surface area contributed by atoms with Crippen LogP contribution in [0.5, 0.6) is 0 Å². The van der Waals surface area contributed by atoms with Crippen molar-refractivity contribution in [3.05, 3.63) is 89.4 Å². The molecule has 5 nitrogen and oxygen atoms in total. The van der Waals surface area contributed by atoms with Gasteiger partial charge in [-0.25, -0.2) is 18.2 Å². The molecule has 0 fully saturated rings. The van der Waals surface area contributed by atoms with Gasteiger partial charge in [-0.15, -0.1) is 0 Å². The average molecular weight is 398 g/mol. The monoisotopic (exact) mass is 398 g/mol. The first-order valence-corrected chi connectivity index (χ1v) is 8.95. The van der Waals surface area contributed by atoms with Crippen LogP contribution < -0.4 is 0 Å². The van der Waals surface area contributed by atoms with E-state index in [0.29, 0.717) is 22.4 Å². The highest BCUT2D eigenvalue weighted by molar-refractivity contribution is 5.78. The van der Waals surface area contributed by atoms with Crippen molar-refractivity contribution in [2.45, 2.75) is 24.9 Å². The Hall–Kier alpha value is -3.26. The second-order valence-corrected chi connectivity index (χ2v) is 6.95. The molecule has 0 aliphatic heterocycles. The molecule has 29 heavy (non-hydrogen) atoms. The van der Waals surface area contributed by atoms with E-state index >= 15 is 0 Å². The van der Waals surface area contributed by atoms with Crippen molar-refractivity contribution in [1.29, 1.82) is 0 Å². The molecule has 4 rings (SSSR count). The Balaban J connectivity index is 1.82. The summed E-state index contributed by atoms with van der Waals surface area (Å²) in [6, 6.07) is 10.6. The van der Waals surface area contributed by atoms with Gasteiger partial charge in [-0.3, -0.25) is 10.1 Å². The molecule has 2 atom stereocenters. The molecule has 0 bridgehead atoms. The van der Waals surface area contributed by atoms with E-state index in [1.165, 1.54) is 30.6 Å². The highest BCUT2D eigenvalue weighted by Crippen LogP contribution is 2.40. The number of rotatable bonds is 5. The molecule has 2 unspecified atom stereocenters. The van der Waals surface area contributed by atoms with Gasteiger partial charge in [0.1, 0.15) is 35.2 Å². The van der Waals surface area contributed by atoms with Gasteiger partial charge < -0.3 is 5.11 Å². The standard InChI is InChI=1S/C21H17F3N4O/c1-12(18-6-2-13-8-14(22)4-7-19(13)27-18)21(29,10-20-25-11-26-28-20)16-5-3-15(23)9-17(16)24/h2-9,11-12,29H,10H2,1H3,(H,25,26,28). The number of benzene rings is 2. The lowest BCUT2D eigenvalue weighted by Crippen LogP contribution is -2.36. The highest BCUT2D eigenvalue weighted by atomic mass is 19.1. The number of hydrogen-bond acceptors (Lipinski definition) is 4. The Morgan fingerprint density at radius 1 is 1.03 bits per heavy atom. The molecule has 0 aliphatic carbocycles. The molecule has 0 amide bonds. The summed E-state index contributed by atoms with van der Waals surface area (Å²) in [6.07, 6.45) is 1.18. The van der Waals surface area contributed by atoms with E-state index in [9.17, 15) is 18.3 Å². The molecule has 0 saturated carbocycles. The van der Waals surface area contributed by atoms with Crippen molar-refractivity contribution in [3.8, 4) is 0 Å². The van der Waals surface area contributed by atoms with Gasteiger partial charge in [0, 0.05) is 35.0 Å². The SMILES string of the molecule is CC(c1ccc2cc(F)ccc2n1)C(O)(Cc1ncn[nH]1)c1ccc(F)cc1F. The third-order valence-electron chi connectivity index (χ3n) is 5.13. The minimum atomic E-state index is -1.79. The maximum absolute atomic E-state index is 14.6. The fraction of sp³-hybridized carbons (Fsp3) is 0.190. The van der Waals surface area contributed by atoms with E-state index in [2.05, 4.69) is 20.2 Å². The lowest BCUT2D eigenvalue weighted by atomic mass is 9.77. The third-order valence-corrected chi connectivity index (χ3v) is 5.13. The van der Waals surface area contributed by atoms with Crippen LogP contribution in [0, 0.1) is 17.5 Å². The van der Waals surface area contributed by atoms with Crippen LogP contribution in [0.2, 0.25) is 0 Å². The van der Waals surface area contributed by atoms with Gasteiger partial charge in [0.25, 0.3) is 0 Å². The molecule has 2 aromatic carbocycles. The third kappa shape index (κ3) is 3.58. The van der Waals surface area contributed by atoms with Crippen molar-refractivity contribution in [2.24, 2.45) is 0 Å². The van der Waals surface area contributed by atoms with E-state index in [4.69, 9.17) is 0 Å². The average Bonchev–Trinajstić information content (AvgIpc) is 3.19. The van der Waals surface area contributed by atoms with E-state index in [1.54, 1.807) is 19.1 Å². The lowest BCUT2D eigenvalue weighted by Gasteiger charge is -2.34. The van der Waals surface area contributed by atoms with Crippen LogP contribution in [0.3, 0.4) is 0 Å². The van der Waals surface area contributed by atoms with Gasteiger partial charge in [0.2, 0.25) is 0 Å². The number of aromatic nitrogens is 4. The van der Waals surface area contributed by atoms with Gasteiger partial charge in [0.15, 0.2) is 0 Å². The van der Waals surface area contributed by atoms with Gasteiger partial charge in [-0.1, -0.05) is 19.1 Å². The number of nitrogens with zero attached hydrogens (tertiary/aromatic N) is 3. The number of H-pyrrole nitrogens is 1. The lowest BCUT2D eigenvalue weighted by molar-refractivity contribution is 0.00630. The summed E-state index contributed by atoms with van der Waals surface area (Å²) in [5, 5.41) is 18.6. The molecule has 0 spiro atoms. The summed E-state index contributed by atoms with van der Waals surface area (Å²) in [5.74, 6) is -2.36. The molecule has 2 N–H and O–H groups in total. The van der Waals surface area contributed by atoms with E-state index in [-0.39, 0.29) is 17.8 Å². The first-order chi connectivity index (χ1) is 13.9. The van der Waals surface area contributed by atoms with Crippen molar-refractivity contribution < 1.29 is 18.3 Å². The quantitative estimate of drug-likeness (QED) is 0.533. The molecule has 2 heterocycles. The number of fused-ring (bicyclic) bond motifs is 1. The minimum absolute atomic E-state index is 0.0798. The minimum Gasteiger partial charge on any atom is -0.384 e. The fourth-order valence-corrected chi connectivity index (χ4v) is 3.49. The first-order valence-electron chi connectivity index (χ1n) is 8.95. The summed E-state index contributed by atoms with van der Waals surface area (Å²) in [5.41, 5.74) is -0.867. The van der Waals surface area contributed by atoms with Gasteiger partial charge in [-0.05, 0) is 30.3 Å². The van der Waals surface area contributed by atoms with Crippen LogP contribution in [0.15, 0.2) is 54.9 Å².